The second kappa shape index (κ2) is 9.10. The molecule has 0 bridgehead atoms. The molecular formula is C22H20FNO4. The van der Waals surface area contributed by atoms with E-state index < -0.39 is 18.1 Å². The quantitative estimate of drug-likeness (QED) is 0.796. The van der Waals surface area contributed by atoms with Crippen molar-refractivity contribution in [1.82, 2.24) is 4.90 Å². The summed E-state index contributed by atoms with van der Waals surface area (Å²) >= 11 is 0. The standard InChI is InChI=1S/C22H20FNO4/c23-18-13-11-17(12-14-18)20(25)9-4-10-21(26)24-19(8-5-15-28-22(24)27)16-6-2-1-3-7-16/h1-3,5-8,11-15,20,25H,4,9-10H2/t20-/m0/s1. The molecule has 1 N–H and O–H groups in total. The molecule has 1 aliphatic rings. The molecule has 0 aliphatic carbocycles. The number of carbonyl (C=O) groups excluding carboxylic acids is 2. The van der Waals surface area contributed by atoms with Crippen molar-refractivity contribution in [2.75, 3.05) is 0 Å². The Bertz CT molecular complexity index is 891. The molecule has 1 heterocycles. The van der Waals surface area contributed by atoms with Crippen LogP contribution < -0.4 is 0 Å². The van der Waals surface area contributed by atoms with Crippen molar-refractivity contribution < 1.29 is 23.8 Å². The van der Waals surface area contributed by atoms with Gasteiger partial charge in [0.05, 0.1) is 18.1 Å². The SMILES string of the molecule is O=C(CCC[C@H](O)c1ccc(F)cc1)N1C(=O)OC=CC=C1c1ccccc1. The molecule has 5 nitrogen and oxygen atoms in total. The number of aliphatic hydroxyl groups excluding tert-OH is 1. The molecule has 0 fully saturated rings. The molecule has 0 saturated heterocycles. The number of hydrogen-bond acceptors (Lipinski definition) is 4. The van der Waals surface area contributed by atoms with Crippen molar-refractivity contribution in [3.8, 4) is 0 Å². The smallest absolute Gasteiger partial charge is 0.418 e. The summed E-state index contributed by atoms with van der Waals surface area (Å²) in [5, 5.41) is 10.2. The maximum atomic E-state index is 13.0. The van der Waals surface area contributed by atoms with Gasteiger partial charge < -0.3 is 9.84 Å². The Labute approximate surface area is 162 Å². The van der Waals surface area contributed by atoms with Gasteiger partial charge in [0.1, 0.15) is 5.82 Å². The summed E-state index contributed by atoms with van der Waals surface area (Å²) in [6.45, 7) is 0. The Morgan fingerprint density at radius 2 is 1.82 bits per heavy atom. The number of cyclic esters (lactones) is 1. The minimum Gasteiger partial charge on any atom is -0.418 e. The summed E-state index contributed by atoms with van der Waals surface area (Å²) in [4.78, 5) is 26.0. The molecule has 3 rings (SSSR count). The highest BCUT2D eigenvalue weighted by Gasteiger charge is 2.28. The van der Waals surface area contributed by atoms with Gasteiger partial charge in [0, 0.05) is 6.42 Å². The van der Waals surface area contributed by atoms with E-state index >= 15 is 0 Å². The molecular weight excluding hydrogens is 361 g/mol. The number of carbonyl (C=O) groups is 2. The van der Waals surface area contributed by atoms with Gasteiger partial charge in [-0.2, -0.15) is 0 Å². The van der Waals surface area contributed by atoms with E-state index in [-0.39, 0.29) is 12.2 Å². The summed E-state index contributed by atoms with van der Waals surface area (Å²) in [5.41, 5.74) is 1.73. The number of benzene rings is 2. The van der Waals surface area contributed by atoms with Crippen LogP contribution in [0.15, 0.2) is 73.0 Å². The zero-order valence-electron chi connectivity index (χ0n) is 15.1. The van der Waals surface area contributed by atoms with Crippen molar-refractivity contribution in [3.63, 3.8) is 0 Å². The van der Waals surface area contributed by atoms with Gasteiger partial charge in [-0.05, 0) is 48.3 Å². The van der Waals surface area contributed by atoms with Gasteiger partial charge in [-0.1, -0.05) is 42.5 Å². The number of amides is 2. The lowest BCUT2D eigenvalue weighted by molar-refractivity contribution is -0.126. The van der Waals surface area contributed by atoms with E-state index in [1.54, 1.807) is 24.3 Å². The number of halogens is 1. The molecule has 0 spiro atoms. The normalized spacial score (nSPS) is 14.9. The van der Waals surface area contributed by atoms with Crippen LogP contribution in [0.5, 0.6) is 0 Å². The Morgan fingerprint density at radius 1 is 1.11 bits per heavy atom. The molecule has 0 unspecified atom stereocenters. The fraction of sp³-hybridized carbons (Fsp3) is 0.182. The first kappa shape index (κ1) is 19.5. The van der Waals surface area contributed by atoms with Gasteiger partial charge in [-0.15, -0.1) is 0 Å². The average Bonchev–Trinajstić information content (AvgIpc) is 2.90. The van der Waals surface area contributed by atoms with Gasteiger partial charge in [0.25, 0.3) is 0 Å². The van der Waals surface area contributed by atoms with E-state index in [1.165, 1.54) is 30.5 Å². The Morgan fingerprint density at radius 3 is 2.54 bits per heavy atom. The van der Waals surface area contributed by atoms with Crippen LogP contribution in [0.3, 0.4) is 0 Å². The summed E-state index contributed by atoms with van der Waals surface area (Å²) < 4.78 is 17.9. The highest BCUT2D eigenvalue weighted by atomic mass is 19.1. The molecule has 1 atom stereocenters. The molecule has 2 aromatic rings. The maximum absolute atomic E-state index is 13.0. The molecule has 1 aliphatic heterocycles. The predicted molar refractivity (Wildman–Crippen MR) is 102 cm³/mol. The molecule has 0 aromatic heterocycles. The predicted octanol–water partition coefficient (Wildman–Crippen LogP) is 4.56. The van der Waals surface area contributed by atoms with Crippen LogP contribution in [0.1, 0.15) is 36.5 Å². The molecule has 144 valence electrons. The number of nitrogens with zero attached hydrogens (tertiary/aromatic N) is 1. The number of imide groups is 1. The summed E-state index contributed by atoms with van der Waals surface area (Å²) in [7, 11) is 0. The lowest BCUT2D eigenvalue weighted by atomic mass is 10.0. The Balaban J connectivity index is 1.66. The van der Waals surface area contributed by atoms with Gasteiger partial charge in [-0.3, -0.25) is 4.79 Å². The number of allylic oxidation sites excluding steroid dienone is 2. The second-order valence-corrected chi connectivity index (χ2v) is 6.32. The van der Waals surface area contributed by atoms with Crippen LogP contribution in [-0.2, 0) is 9.53 Å². The van der Waals surface area contributed by atoms with E-state index in [4.69, 9.17) is 4.74 Å². The second-order valence-electron chi connectivity index (χ2n) is 6.32. The van der Waals surface area contributed by atoms with Gasteiger partial charge in [-0.25, -0.2) is 14.1 Å². The highest BCUT2D eigenvalue weighted by molar-refractivity contribution is 6.02. The first-order valence-corrected chi connectivity index (χ1v) is 8.95. The molecule has 2 aromatic carbocycles. The van der Waals surface area contributed by atoms with Crippen molar-refractivity contribution in [2.45, 2.75) is 25.4 Å². The summed E-state index contributed by atoms with van der Waals surface area (Å²) in [6, 6.07) is 14.7. The van der Waals surface area contributed by atoms with E-state index in [2.05, 4.69) is 0 Å². The molecule has 28 heavy (non-hydrogen) atoms. The van der Waals surface area contributed by atoms with Crippen molar-refractivity contribution in [1.29, 1.82) is 0 Å². The third-order valence-electron chi connectivity index (χ3n) is 4.37. The fourth-order valence-corrected chi connectivity index (χ4v) is 2.93. The number of ether oxygens (including phenoxy) is 1. The molecule has 0 saturated carbocycles. The lowest BCUT2D eigenvalue weighted by Gasteiger charge is -2.21. The topological polar surface area (TPSA) is 66.8 Å². The molecule has 0 radical (unpaired) electrons. The van der Waals surface area contributed by atoms with Crippen LogP contribution in [0, 0.1) is 5.82 Å². The van der Waals surface area contributed by atoms with E-state index in [0.717, 1.165) is 4.90 Å². The Hall–Kier alpha value is -3.25. The fourth-order valence-electron chi connectivity index (χ4n) is 2.93. The third-order valence-corrected chi connectivity index (χ3v) is 4.37. The van der Waals surface area contributed by atoms with Crippen LogP contribution >= 0.6 is 0 Å². The van der Waals surface area contributed by atoms with E-state index in [0.29, 0.717) is 29.7 Å². The number of rotatable bonds is 6. The van der Waals surface area contributed by atoms with Crippen LogP contribution in [0.4, 0.5) is 9.18 Å². The van der Waals surface area contributed by atoms with E-state index in [1.807, 2.05) is 18.2 Å². The van der Waals surface area contributed by atoms with Crippen LogP contribution in [0.25, 0.3) is 5.70 Å². The number of hydrogen-bond donors (Lipinski definition) is 1. The van der Waals surface area contributed by atoms with Gasteiger partial charge in [0.2, 0.25) is 5.91 Å². The monoisotopic (exact) mass is 381 g/mol. The number of aliphatic hydroxyl groups is 1. The zero-order valence-corrected chi connectivity index (χ0v) is 15.1. The van der Waals surface area contributed by atoms with E-state index in [9.17, 15) is 19.1 Å². The largest absolute Gasteiger partial charge is 0.426 e. The average molecular weight is 381 g/mol. The minimum absolute atomic E-state index is 0.0531. The highest BCUT2D eigenvalue weighted by Crippen LogP contribution is 2.25. The summed E-state index contributed by atoms with van der Waals surface area (Å²) in [6.07, 6.45) is 3.58. The van der Waals surface area contributed by atoms with Crippen molar-refractivity contribution >= 4 is 17.7 Å². The van der Waals surface area contributed by atoms with Crippen LogP contribution in [-0.4, -0.2) is 22.0 Å². The first-order valence-electron chi connectivity index (χ1n) is 8.95. The van der Waals surface area contributed by atoms with Crippen molar-refractivity contribution in [2.24, 2.45) is 0 Å². The third kappa shape index (κ3) is 4.72. The Kier molecular flexibility index (Phi) is 6.34. The maximum Gasteiger partial charge on any atom is 0.426 e. The lowest BCUT2D eigenvalue weighted by Crippen LogP contribution is -2.34. The molecule has 6 heteroatoms. The van der Waals surface area contributed by atoms with Crippen molar-refractivity contribution in [3.05, 3.63) is 90.0 Å². The van der Waals surface area contributed by atoms with Crippen LogP contribution in [0.2, 0.25) is 0 Å². The molecule has 2 amide bonds. The zero-order chi connectivity index (χ0) is 19.9. The van der Waals surface area contributed by atoms with Gasteiger partial charge in [0.15, 0.2) is 0 Å². The minimum atomic E-state index is -0.810. The first-order chi connectivity index (χ1) is 13.6. The van der Waals surface area contributed by atoms with Gasteiger partial charge >= 0.3 is 6.09 Å². The summed E-state index contributed by atoms with van der Waals surface area (Å²) in [5.74, 6) is -0.797.